The lowest BCUT2D eigenvalue weighted by Crippen LogP contribution is -2.63. The van der Waals surface area contributed by atoms with Gasteiger partial charge in [-0.1, -0.05) is 72.1 Å². The second-order valence-electron chi connectivity index (χ2n) is 12.2. The molecule has 3 aliphatic heterocycles. The molecule has 4 aliphatic rings. The minimum Gasteiger partial charge on any atom is -0.462 e. The van der Waals surface area contributed by atoms with Gasteiger partial charge in [-0.05, 0) is 25.2 Å². The zero-order valence-electron chi connectivity index (χ0n) is 22.0. The van der Waals surface area contributed by atoms with Crippen molar-refractivity contribution < 1.29 is 33.6 Å². The van der Waals surface area contributed by atoms with Gasteiger partial charge in [0.15, 0.2) is 5.79 Å². The quantitative estimate of drug-likeness (QED) is 0.407. The number of aliphatic hydroxyl groups is 1. The third-order valence-corrected chi connectivity index (χ3v) is 9.11. The van der Waals surface area contributed by atoms with Crippen LogP contribution in [0.15, 0.2) is 0 Å². The average molecular weight is 495 g/mol. The minimum absolute atomic E-state index is 0.0390. The van der Waals surface area contributed by atoms with Crippen LogP contribution >= 0.6 is 0 Å². The van der Waals surface area contributed by atoms with Crippen LogP contribution in [-0.4, -0.2) is 53.9 Å². The molecule has 0 aromatic rings. The summed E-state index contributed by atoms with van der Waals surface area (Å²) in [6.07, 6.45) is 11.8. The molecule has 0 aromatic carbocycles. The second-order valence-corrected chi connectivity index (χ2v) is 12.2. The number of ether oxygens (including phenoxy) is 4. The van der Waals surface area contributed by atoms with Crippen LogP contribution in [0.1, 0.15) is 111 Å². The molecule has 35 heavy (non-hydrogen) atoms. The highest BCUT2D eigenvalue weighted by Crippen LogP contribution is 2.53. The lowest BCUT2D eigenvalue weighted by molar-refractivity contribution is -0.381. The lowest BCUT2D eigenvalue weighted by atomic mass is 9.70. The molecule has 0 aromatic heterocycles. The van der Waals surface area contributed by atoms with E-state index < -0.39 is 30.4 Å². The van der Waals surface area contributed by atoms with Crippen molar-refractivity contribution in [2.45, 2.75) is 141 Å². The normalized spacial score (nSPS) is 38.6. The van der Waals surface area contributed by atoms with Crippen LogP contribution < -0.4 is 0 Å². The Labute approximate surface area is 210 Å². The highest BCUT2D eigenvalue weighted by Gasteiger charge is 2.58. The van der Waals surface area contributed by atoms with Crippen molar-refractivity contribution in [2.24, 2.45) is 17.3 Å². The van der Waals surface area contributed by atoms with Crippen molar-refractivity contribution in [3.63, 3.8) is 0 Å². The highest BCUT2D eigenvalue weighted by atomic mass is 16.7. The molecule has 200 valence electrons. The van der Waals surface area contributed by atoms with E-state index in [9.17, 15) is 14.7 Å². The molecule has 3 heterocycles. The van der Waals surface area contributed by atoms with Crippen LogP contribution in [0.4, 0.5) is 0 Å². The first-order valence-electron chi connectivity index (χ1n) is 14.1. The molecule has 1 aliphatic carbocycles. The summed E-state index contributed by atoms with van der Waals surface area (Å²) in [7, 11) is 0. The number of hydrogen-bond acceptors (Lipinski definition) is 7. The van der Waals surface area contributed by atoms with E-state index in [1.54, 1.807) is 0 Å². The number of carbonyl (C=O) groups excluding carboxylic acids is 2. The van der Waals surface area contributed by atoms with Gasteiger partial charge in [0, 0.05) is 17.8 Å². The largest absolute Gasteiger partial charge is 0.462 e. The van der Waals surface area contributed by atoms with Gasteiger partial charge in [0.25, 0.3) is 0 Å². The summed E-state index contributed by atoms with van der Waals surface area (Å²) < 4.78 is 24.8. The number of cyclic esters (lactones) is 1. The maximum atomic E-state index is 12.8. The van der Waals surface area contributed by atoms with E-state index in [1.165, 1.54) is 44.9 Å². The van der Waals surface area contributed by atoms with E-state index >= 15 is 0 Å². The Morgan fingerprint density at radius 1 is 0.914 bits per heavy atom. The molecule has 4 fully saturated rings. The molecule has 3 saturated heterocycles. The van der Waals surface area contributed by atoms with E-state index in [4.69, 9.17) is 18.9 Å². The first kappa shape index (κ1) is 26.9. The zero-order chi connectivity index (χ0) is 25.1. The Morgan fingerprint density at radius 3 is 2.37 bits per heavy atom. The van der Waals surface area contributed by atoms with Gasteiger partial charge in [0.2, 0.25) is 0 Å². The van der Waals surface area contributed by atoms with Crippen LogP contribution in [0, 0.1) is 17.3 Å². The summed E-state index contributed by atoms with van der Waals surface area (Å²) in [4.78, 5) is 25.3. The summed E-state index contributed by atoms with van der Waals surface area (Å²) in [6.45, 7) is 6.02. The Hall–Kier alpha value is -1.18. The summed E-state index contributed by atoms with van der Waals surface area (Å²) in [5, 5.41) is 9.62. The van der Waals surface area contributed by atoms with Gasteiger partial charge in [-0.25, -0.2) is 0 Å². The first-order valence-corrected chi connectivity index (χ1v) is 14.1. The van der Waals surface area contributed by atoms with Gasteiger partial charge < -0.3 is 24.1 Å². The van der Waals surface area contributed by atoms with E-state index in [1.807, 2.05) is 0 Å². The average Bonchev–Trinajstić information content (AvgIpc) is 2.81. The Bertz CT molecular complexity index is 731. The Morgan fingerprint density at radius 2 is 1.63 bits per heavy atom. The first-order chi connectivity index (χ1) is 16.7. The van der Waals surface area contributed by atoms with Crippen molar-refractivity contribution in [1.29, 1.82) is 0 Å². The molecule has 1 saturated carbocycles. The SMILES string of the molecule is C[C@H]1[C@@H]2C[C@@]3(O[C@H](CCC3(C)C)CC(=O)O[C@@H](CO)CC(=O)O2)O[C@@H]1CCCCC1CCCCC1. The molecule has 0 unspecified atom stereocenters. The lowest BCUT2D eigenvalue weighted by Gasteiger charge is -2.57. The standard InChI is InChI=1S/C28H46O7/c1-19-23(12-8-7-11-20-9-5-4-6-10-20)35-28-17-24(19)33-26(31)16-22(18-29)32-25(30)15-21(34-28)13-14-27(28,2)3/h19-24,29H,4-18H2,1-3H3/t19-,21-,22-,23-,24+,28-/m1/s1. The van der Waals surface area contributed by atoms with Gasteiger partial charge in [0.1, 0.15) is 12.2 Å². The summed E-state index contributed by atoms with van der Waals surface area (Å²) in [6, 6.07) is 0. The fraction of sp³-hybridized carbons (Fsp3) is 0.929. The molecule has 7 heteroatoms. The van der Waals surface area contributed by atoms with Crippen LogP contribution in [0.2, 0.25) is 0 Å². The molecule has 4 rings (SSSR count). The highest BCUT2D eigenvalue weighted by molar-refractivity contribution is 5.73. The van der Waals surface area contributed by atoms with Crippen LogP contribution in [0.3, 0.4) is 0 Å². The zero-order valence-corrected chi connectivity index (χ0v) is 22.0. The summed E-state index contributed by atoms with van der Waals surface area (Å²) in [5.41, 5.74) is -0.281. The van der Waals surface area contributed by atoms with Gasteiger partial charge >= 0.3 is 11.9 Å². The predicted octanol–water partition coefficient (Wildman–Crippen LogP) is 5.06. The van der Waals surface area contributed by atoms with Crippen molar-refractivity contribution in [3.05, 3.63) is 0 Å². The molecule has 7 nitrogen and oxygen atoms in total. The molecule has 6 atom stereocenters. The van der Waals surface area contributed by atoms with Gasteiger partial charge in [-0.3, -0.25) is 9.59 Å². The topological polar surface area (TPSA) is 91.3 Å². The van der Waals surface area contributed by atoms with Crippen molar-refractivity contribution in [1.82, 2.24) is 0 Å². The number of aliphatic hydroxyl groups excluding tert-OH is 1. The molecule has 1 spiro atoms. The molecular weight excluding hydrogens is 448 g/mol. The fourth-order valence-electron chi connectivity index (χ4n) is 6.64. The van der Waals surface area contributed by atoms with Crippen molar-refractivity contribution >= 4 is 11.9 Å². The fourth-order valence-corrected chi connectivity index (χ4v) is 6.64. The van der Waals surface area contributed by atoms with E-state index in [0.29, 0.717) is 6.42 Å². The molecule has 0 amide bonds. The van der Waals surface area contributed by atoms with E-state index in [0.717, 1.165) is 31.6 Å². The second kappa shape index (κ2) is 11.5. The van der Waals surface area contributed by atoms with E-state index in [2.05, 4.69) is 20.8 Å². The number of esters is 2. The monoisotopic (exact) mass is 494 g/mol. The number of fused-ring (bicyclic) bond motifs is 2. The number of hydrogen-bond donors (Lipinski definition) is 1. The third kappa shape index (κ3) is 6.40. The smallest absolute Gasteiger partial charge is 0.309 e. The molecule has 3 bridgehead atoms. The minimum atomic E-state index is -0.905. The molecule has 0 radical (unpaired) electrons. The number of carbonyl (C=O) groups is 2. The van der Waals surface area contributed by atoms with E-state index in [-0.39, 0.29) is 42.5 Å². The summed E-state index contributed by atoms with van der Waals surface area (Å²) in [5.74, 6) is -0.904. The Balaban J connectivity index is 1.50. The number of rotatable bonds is 6. The van der Waals surface area contributed by atoms with Gasteiger partial charge in [-0.2, -0.15) is 0 Å². The maximum absolute atomic E-state index is 12.8. The Kier molecular flexibility index (Phi) is 8.81. The molecule has 1 N–H and O–H groups in total. The van der Waals surface area contributed by atoms with Crippen molar-refractivity contribution in [3.8, 4) is 0 Å². The van der Waals surface area contributed by atoms with Gasteiger partial charge in [0.05, 0.1) is 31.7 Å². The van der Waals surface area contributed by atoms with Crippen LogP contribution in [0.25, 0.3) is 0 Å². The van der Waals surface area contributed by atoms with Crippen LogP contribution in [-0.2, 0) is 28.5 Å². The van der Waals surface area contributed by atoms with Crippen molar-refractivity contribution in [2.75, 3.05) is 6.61 Å². The predicted molar refractivity (Wildman–Crippen MR) is 130 cm³/mol. The summed E-state index contributed by atoms with van der Waals surface area (Å²) >= 11 is 0. The third-order valence-electron chi connectivity index (χ3n) is 9.11. The maximum Gasteiger partial charge on any atom is 0.309 e. The van der Waals surface area contributed by atoms with Gasteiger partial charge in [-0.15, -0.1) is 0 Å². The van der Waals surface area contributed by atoms with Crippen LogP contribution in [0.5, 0.6) is 0 Å². The molecular formula is C28H46O7. The number of unbranched alkanes of at least 4 members (excludes halogenated alkanes) is 1.